The molecule has 72 valence electrons. The van der Waals surface area contributed by atoms with Crippen molar-refractivity contribution in [2.75, 3.05) is 0 Å². The molecule has 1 heterocycles. The zero-order valence-electron chi connectivity index (χ0n) is 6.40. The first-order chi connectivity index (χ1) is 6.07. The Hall–Kier alpha value is -0.810. The van der Waals surface area contributed by atoms with E-state index in [1.807, 2.05) is 0 Å². The van der Waals surface area contributed by atoms with Crippen molar-refractivity contribution in [3.8, 4) is 0 Å². The number of hydrogen-bond donors (Lipinski definition) is 1. The SMILES string of the molecule is NCc1c(F)ncc(Cl)c1C(F)F. The molecule has 0 spiro atoms. The quantitative estimate of drug-likeness (QED) is 0.761. The zero-order valence-corrected chi connectivity index (χ0v) is 7.15. The highest BCUT2D eigenvalue weighted by atomic mass is 35.5. The Labute approximate surface area is 77.5 Å². The Morgan fingerprint density at radius 1 is 1.54 bits per heavy atom. The molecule has 1 aromatic heterocycles. The van der Waals surface area contributed by atoms with Crippen LogP contribution in [-0.4, -0.2) is 4.98 Å². The maximum absolute atomic E-state index is 12.8. The van der Waals surface area contributed by atoms with Crippen LogP contribution in [0, 0.1) is 5.95 Å². The van der Waals surface area contributed by atoms with Crippen LogP contribution in [0.2, 0.25) is 5.02 Å². The van der Waals surface area contributed by atoms with Crippen LogP contribution in [0.4, 0.5) is 13.2 Å². The first-order valence-corrected chi connectivity index (χ1v) is 3.76. The summed E-state index contributed by atoms with van der Waals surface area (Å²) in [6, 6.07) is 0. The average Bonchev–Trinajstić information content (AvgIpc) is 2.07. The fraction of sp³-hybridized carbons (Fsp3) is 0.286. The molecule has 0 atom stereocenters. The number of alkyl halides is 2. The second-order valence-corrected chi connectivity index (χ2v) is 2.70. The molecular formula is C7H6ClF3N2. The minimum atomic E-state index is -2.84. The predicted octanol–water partition coefficient (Wildman–Crippen LogP) is 2.27. The van der Waals surface area contributed by atoms with Crippen molar-refractivity contribution in [3.63, 3.8) is 0 Å². The topological polar surface area (TPSA) is 38.9 Å². The Morgan fingerprint density at radius 3 is 2.54 bits per heavy atom. The Kier molecular flexibility index (Phi) is 3.11. The van der Waals surface area contributed by atoms with Crippen molar-refractivity contribution < 1.29 is 13.2 Å². The van der Waals surface area contributed by atoms with Gasteiger partial charge in [-0.25, -0.2) is 13.8 Å². The lowest BCUT2D eigenvalue weighted by molar-refractivity contribution is 0.149. The molecule has 0 aromatic carbocycles. The molecule has 2 nitrogen and oxygen atoms in total. The van der Waals surface area contributed by atoms with Gasteiger partial charge in [-0.15, -0.1) is 0 Å². The Morgan fingerprint density at radius 2 is 2.15 bits per heavy atom. The molecular weight excluding hydrogens is 205 g/mol. The summed E-state index contributed by atoms with van der Waals surface area (Å²) < 4.78 is 37.4. The Balaban J connectivity index is 3.35. The average molecular weight is 211 g/mol. The number of rotatable bonds is 2. The van der Waals surface area contributed by atoms with Crippen molar-refractivity contribution in [2.24, 2.45) is 5.73 Å². The second-order valence-electron chi connectivity index (χ2n) is 2.29. The fourth-order valence-corrected chi connectivity index (χ4v) is 1.19. The number of nitrogens with zero attached hydrogens (tertiary/aromatic N) is 1. The molecule has 6 heteroatoms. The molecule has 0 unspecified atom stereocenters. The van der Waals surface area contributed by atoms with Crippen LogP contribution in [0.15, 0.2) is 6.20 Å². The van der Waals surface area contributed by atoms with Gasteiger partial charge in [-0.2, -0.15) is 4.39 Å². The summed E-state index contributed by atoms with van der Waals surface area (Å²) >= 11 is 5.41. The molecule has 0 fully saturated rings. The minimum Gasteiger partial charge on any atom is -0.326 e. The van der Waals surface area contributed by atoms with E-state index in [9.17, 15) is 13.2 Å². The van der Waals surface area contributed by atoms with Crippen LogP contribution in [-0.2, 0) is 6.54 Å². The highest BCUT2D eigenvalue weighted by molar-refractivity contribution is 6.31. The maximum atomic E-state index is 12.8. The summed E-state index contributed by atoms with van der Waals surface area (Å²) in [5.41, 5.74) is 4.18. The van der Waals surface area contributed by atoms with Gasteiger partial charge >= 0.3 is 0 Å². The largest absolute Gasteiger partial charge is 0.326 e. The van der Waals surface area contributed by atoms with Gasteiger partial charge in [0.15, 0.2) is 0 Å². The van der Waals surface area contributed by atoms with Crippen LogP contribution in [0.5, 0.6) is 0 Å². The standard InChI is InChI=1S/C7H6ClF3N2/c8-4-2-13-7(11)3(1-12)5(4)6(9)10/h2,6H,1,12H2. The summed E-state index contributed by atoms with van der Waals surface area (Å²) in [6.45, 7) is -0.348. The summed E-state index contributed by atoms with van der Waals surface area (Å²) in [5, 5.41) is -0.267. The molecule has 0 radical (unpaired) electrons. The third-order valence-electron chi connectivity index (χ3n) is 1.55. The smallest absolute Gasteiger partial charge is 0.265 e. The highest BCUT2D eigenvalue weighted by Gasteiger charge is 2.20. The van der Waals surface area contributed by atoms with E-state index < -0.39 is 17.9 Å². The van der Waals surface area contributed by atoms with Crippen molar-refractivity contribution in [1.82, 2.24) is 4.98 Å². The van der Waals surface area contributed by atoms with Gasteiger partial charge in [-0.1, -0.05) is 11.6 Å². The molecule has 0 aliphatic carbocycles. The molecule has 0 aliphatic heterocycles. The van der Waals surface area contributed by atoms with E-state index in [2.05, 4.69) is 4.98 Å². The second kappa shape index (κ2) is 3.93. The number of halogens is 4. The molecule has 0 saturated carbocycles. The van der Waals surface area contributed by atoms with Gasteiger partial charge in [0, 0.05) is 23.9 Å². The molecule has 1 rings (SSSR count). The van der Waals surface area contributed by atoms with E-state index in [1.165, 1.54) is 0 Å². The van der Waals surface area contributed by atoms with Crippen LogP contribution < -0.4 is 5.73 Å². The van der Waals surface area contributed by atoms with Gasteiger partial charge in [-0.05, 0) is 0 Å². The summed E-state index contributed by atoms with van der Waals surface area (Å²) in [7, 11) is 0. The molecule has 2 N–H and O–H groups in total. The lowest BCUT2D eigenvalue weighted by atomic mass is 10.1. The van der Waals surface area contributed by atoms with Crippen molar-refractivity contribution >= 4 is 11.6 Å². The lowest BCUT2D eigenvalue weighted by Gasteiger charge is -2.08. The van der Waals surface area contributed by atoms with Crippen LogP contribution in [0.1, 0.15) is 17.6 Å². The maximum Gasteiger partial charge on any atom is 0.265 e. The van der Waals surface area contributed by atoms with Gasteiger partial charge in [0.2, 0.25) is 5.95 Å². The van der Waals surface area contributed by atoms with E-state index in [4.69, 9.17) is 17.3 Å². The minimum absolute atomic E-state index is 0.267. The van der Waals surface area contributed by atoms with Gasteiger partial charge < -0.3 is 5.73 Å². The van der Waals surface area contributed by atoms with E-state index in [0.29, 0.717) is 0 Å². The van der Waals surface area contributed by atoms with Gasteiger partial charge in [0.05, 0.1) is 5.02 Å². The monoisotopic (exact) mass is 210 g/mol. The molecule has 1 aromatic rings. The highest BCUT2D eigenvalue weighted by Crippen LogP contribution is 2.30. The zero-order chi connectivity index (χ0) is 10.0. The predicted molar refractivity (Wildman–Crippen MR) is 42.1 cm³/mol. The molecule has 13 heavy (non-hydrogen) atoms. The molecule has 0 amide bonds. The van der Waals surface area contributed by atoms with E-state index in [1.54, 1.807) is 0 Å². The molecule has 0 bridgehead atoms. The molecule has 0 aliphatic rings. The van der Waals surface area contributed by atoms with E-state index in [0.717, 1.165) is 6.20 Å². The van der Waals surface area contributed by atoms with Crippen molar-refractivity contribution in [1.29, 1.82) is 0 Å². The van der Waals surface area contributed by atoms with Gasteiger partial charge in [0.1, 0.15) is 0 Å². The van der Waals surface area contributed by atoms with Crippen molar-refractivity contribution in [2.45, 2.75) is 13.0 Å². The third-order valence-corrected chi connectivity index (χ3v) is 1.85. The third kappa shape index (κ3) is 1.92. The fourth-order valence-electron chi connectivity index (χ4n) is 0.946. The van der Waals surface area contributed by atoms with Crippen LogP contribution in [0.25, 0.3) is 0 Å². The number of pyridine rings is 1. The summed E-state index contributed by atoms with van der Waals surface area (Å²) in [4.78, 5) is 3.18. The van der Waals surface area contributed by atoms with E-state index >= 15 is 0 Å². The van der Waals surface area contributed by atoms with Gasteiger partial charge in [-0.3, -0.25) is 0 Å². The van der Waals surface area contributed by atoms with Crippen molar-refractivity contribution in [3.05, 3.63) is 28.3 Å². The summed E-state index contributed by atoms with van der Waals surface area (Å²) in [6.07, 6.45) is -2.00. The Bertz CT molecular complexity index is 317. The van der Waals surface area contributed by atoms with Crippen LogP contribution >= 0.6 is 11.6 Å². The normalized spacial score (nSPS) is 10.9. The lowest BCUT2D eigenvalue weighted by Crippen LogP contribution is -2.07. The van der Waals surface area contributed by atoms with Gasteiger partial charge in [0.25, 0.3) is 6.43 Å². The van der Waals surface area contributed by atoms with Crippen LogP contribution in [0.3, 0.4) is 0 Å². The molecule has 0 saturated heterocycles. The van der Waals surface area contributed by atoms with E-state index in [-0.39, 0.29) is 17.1 Å². The number of hydrogen-bond acceptors (Lipinski definition) is 2. The first kappa shape index (κ1) is 10.3. The summed E-state index contributed by atoms with van der Waals surface area (Å²) in [5.74, 6) is -0.998. The number of aromatic nitrogens is 1. The number of nitrogens with two attached hydrogens (primary N) is 1. The first-order valence-electron chi connectivity index (χ1n) is 3.39.